The van der Waals surface area contributed by atoms with Gasteiger partial charge in [-0.2, -0.15) is 0 Å². The minimum absolute atomic E-state index is 0.0732. The Bertz CT molecular complexity index is 669. The van der Waals surface area contributed by atoms with E-state index in [4.69, 9.17) is 16.3 Å². The van der Waals surface area contributed by atoms with Crippen LogP contribution < -0.4 is 0 Å². The summed E-state index contributed by atoms with van der Waals surface area (Å²) in [4.78, 5) is 27.3. The smallest absolute Gasteiger partial charge is 0.340 e. The maximum atomic E-state index is 12.0. The SMILES string of the molecule is COC(=O)c1c(C)nc(Cl)c(C=O)c1-c1ccccc1. The number of benzene rings is 1. The highest BCUT2D eigenvalue weighted by atomic mass is 35.5. The average Bonchev–Trinajstić information content (AvgIpc) is 2.46. The molecule has 0 bridgehead atoms. The van der Waals surface area contributed by atoms with Crippen molar-refractivity contribution in [3.63, 3.8) is 0 Å². The molecule has 0 aliphatic rings. The maximum absolute atomic E-state index is 12.0. The Morgan fingerprint density at radius 3 is 2.50 bits per heavy atom. The van der Waals surface area contributed by atoms with Crippen LogP contribution in [0.3, 0.4) is 0 Å². The number of carbonyl (C=O) groups is 2. The van der Waals surface area contributed by atoms with Crippen molar-refractivity contribution in [1.29, 1.82) is 0 Å². The standard InChI is InChI=1S/C15H12ClNO3/c1-9-12(15(19)20-2)13(10-6-4-3-5-7-10)11(8-18)14(16)17-9/h3-8H,1-2H3. The minimum atomic E-state index is -0.548. The van der Waals surface area contributed by atoms with Crippen LogP contribution in [0.2, 0.25) is 5.15 Å². The quantitative estimate of drug-likeness (QED) is 0.494. The van der Waals surface area contributed by atoms with E-state index in [0.29, 0.717) is 23.1 Å². The van der Waals surface area contributed by atoms with Crippen molar-refractivity contribution in [1.82, 2.24) is 4.98 Å². The molecule has 0 saturated carbocycles. The molecule has 0 spiro atoms. The second kappa shape index (κ2) is 5.84. The molecule has 102 valence electrons. The van der Waals surface area contributed by atoms with Crippen LogP contribution in [-0.4, -0.2) is 24.3 Å². The van der Waals surface area contributed by atoms with Crippen LogP contribution in [-0.2, 0) is 4.74 Å². The lowest BCUT2D eigenvalue weighted by molar-refractivity contribution is 0.0600. The van der Waals surface area contributed by atoms with E-state index in [2.05, 4.69) is 4.98 Å². The number of rotatable bonds is 3. The first-order valence-electron chi connectivity index (χ1n) is 5.89. The topological polar surface area (TPSA) is 56.3 Å². The molecule has 0 unspecified atom stereocenters. The van der Waals surface area contributed by atoms with Crippen LogP contribution in [0, 0.1) is 6.92 Å². The van der Waals surface area contributed by atoms with Crippen molar-refractivity contribution in [2.75, 3.05) is 7.11 Å². The molecule has 0 amide bonds. The first-order valence-corrected chi connectivity index (χ1v) is 6.27. The molecule has 4 nitrogen and oxygen atoms in total. The second-order valence-corrected chi connectivity index (χ2v) is 4.49. The molecule has 1 aromatic carbocycles. The molecular weight excluding hydrogens is 278 g/mol. The highest BCUT2D eigenvalue weighted by Gasteiger charge is 2.23. The number of aryl methyl sites for hydroxylation is 1. The van der Waals surface area contributed by atoms with Gasteiger partial charge < -0.3 is 4.74 Å². The monoisotopic (exact) mass is 289 g/mol. The van der Waals surface area contributed by atoms with Gasteiger partial charge in [0.05, 0.1) is 23.9 Å². The highest BCUT2D eigenvalue weighted by molar-refractivity contribution is 6.32. The molecule has 2 rings (SSSR count). The van der Waals surface area contributed by atoms with Crippen molar-refractivity contribution >= 4 is 23.9 Å². The third-order valence-corrected chi connectivity index (χ3v) is 3.23. The highest BCUT2D eigenvalue weighted by Crippen LogP contribution is 2.32. The summed E-state index contributed by atoms with van der Waals surface area (Å²) >= 11 is 6.01. The molecule has 5 heteroatoms. The first kappa shape index (κ1) is 14.2. The van der Waals surface area contributed by atoms with Crippen molar-refractivity contribution in [3.8, 4) is 11.1 Å². The lowest BCUT2D eigenvalue weighted by atomic mass is 9.95. The van der Waals surface area contributed by atoms with Gasteiger partial charge in [0.1, 0.15) is 5.15 Å². The number of nitrogens with zero attached hydrogens (tertiary/aromatic N) is 1. The van der Waals surface area contributed by atoms with Crippen LogP contribution in [0.5, 0.6) is 0 Å². The predicted octanol–water partition coefficient (Wildman–Crippen LogP) is 3.31. The molecule has 0 aliphatic carbocycles. The Labute approximate surface area is 121 Å². The van der Waals surface area contributed by atoms with E-state index in [9.17, 15) is 9.59 Å². The van der Waals surface area contributed by atoms with Gasteiger partial charge in [-0.3, -0.25) is 4.79 Å². The lowest BCUT2D eigenvalue weighted by Gasteiger charge is -2.14. The molecule has 0 saturated heterocycles. The largest absolute Gasteiger partial charge is 0.465 e. The number of hydrogen-bond acceptors (Lipinski definition) is 4. The number of halogens is 1. The third-order valence-electron chi connectivity index (χ3n) is 2.94. The Morgan fingerprint density at radius 2 is 1.95 bits per heavy atom. The summed E-state index contributed by atoms with van der Waals surface area (Å²) < 4.78 is 4.78. The zero-order valence-corrected chi connectivity index (χ0v) is 11.8. The number of esters is 1. The van der Waals surface area contributed by atoms with Crippen molar-refractivity contribution in [3.05, 3.63) is 52.3 Å². The van der Waals surface area contributed by atoms with Crippen LogP contribution >= 0.6 is 11.6 Å². The van der Waals surface area contributed by atoms with Gasteiger partial charge >= 0.3 is 5.97 Å². The van der Waals surface area contributed by atoms with E-state index in [0.717, 1.165) is 0 Å². The van der Waals surface area contributed by atoms with E-state index in [1.54, 1.807) is 19.1 Å². The molecular formula is C15H12ClNO3. The molecule has 0 fully saturated rings. The molecule has 0 radical (unpaired) electrons. The first-order chi connectivity index (χ1) is 9.60. The summed E-state index contributed by atoms with van der Waals surface area (Å²) in [5.74, 6) is -0.548. The lowest BCUT2D eigenvalue weighted by Crippen LogP contribution is -2.10. The summed E-state index contributed by atoms with van der Waals surface area (Å²) in [6.45, 7) is 1.65. The van der Waals surface area contributed by atoms with Crippen LogP contribution in [0.25, 0.3) is 11.1 Å². The fourth-order valence-electron chi connectivity index (χ4n) is 2.05. The average molecular weight is 290 g/mol. The van der Waals surface area contributed by atoms with Crippen LogP contribution in [0.1, 0.15) is 26.4 Å². The van der Waals surface area contributed by atoms with Gasteiger partial charge in [-0.05, 0) is 12.5 Å². The van der Waals surface area contributed by atoms with E-state index in [1.165, 1.54) is 7.11 Å². The number of methoxy groups -OCH3 is 1. The Balaban J connectivity index is 2.87. The van der Waals surface area contributed by atoms with Gasteiger partial charge in [-0.15, -0.1) is 0 Å². The summed E-state index contributed by atoms with van der Waals surface area (Å²) in [5, 5.41) is 0.0732. The van der Waals surface area contributed by atoms with Gasteiger partial charge in [-0.25, -0.2) is 9.78 Å². The maximum Gasteiger partial charge on any atom is 0.340 e. The van der Waals surface area contributed by atoms with Gasteiger partial charge in [0.25, 0.3) is 0 Å². The molecule has 0 aliphatic heterocycles. The van der Waals surface area contributed by atoms with Gasteiger partial charge in [-0.1, -0.05) is 41.9 Å². The molecule has 1 heterocycles. The normalized spacial score (nSPS) is 10.2. The van der Waals surface area contributed by atoms with E-state index < -0.39 is 5.97 Å². The van der Waals surface area contributed by atoms with E-state index in [-0.39, 0.29) is 16.3 Å². The zero-order chi connectivity index (χ0) is 14.7. The van der Waals surface area contributed by atoms with E-state index in [1.807, 2.05) is 18.2 Å². The molecule has 0 N–H and O–H groups in total. The van der Waals surface area contributed by atoms with Gasteiger partial charge in [0.2, 0.25) is 0 Å². The summed E-state index contributed by atoms with van der Waals surface area (Å²) in [6, 6.07) is 9.07. The van der Waals surface area contributed by atoms with Crippen LogP contribution in [0.4, 0.5) is 0 Å². The fraction of sp³-hybridized carbons (Fsp3) is 0.133. The van der Waals surface area contributed by atoms with Crippen molar-refractivity contribution in [2.45, 2.75) is 6.92 Å². The number of hydrogen-bond donors (Lipinski definition) is 0. The van der Waals surface area contributed by atoms with Crippen LogP contribution in [0.15, 0.2) is 30.3 Å². The molecule has 0 atom stereocenters. The Hall–Kier alpha value is -2.20. The Morgan fingerprint density at radius 1 is 1.30 bits per heavy atom. The number of aldehydes is 1. The number of pyridine rings is 1. The minimum Gasteiger partial charge on any atom is -0.465 e. The summed E-state index contributed by atoms with van der Waals surface area (Å²) in [6.07, 6.45) is 0.601. The summed E-state index contributed by atoms with van der Waals surface area (Å²) in [7, 11) is 1.28. The number of carbonyl (C=O) groups excluding carboxylic acids is 2. The molecule has 1 aromatic heterocycles. The Kier molecular flexibility index (Phi) is 4.15. The van der Waals surface area contributed by atoms with E-state index >= 15 is 0 Å². The second-order valence-electron chi connectivity index (χ2n) is 4.13. The third kappa shape index (κ3) is 2.42. The number of aromatic nitrogens is 1. The van der Waals surface area contributed by atoms with Crippen molar-refractivity contribution < 1.29 is 14.3 Å². The molecule has 2 aromatic rings. The zero-order valence-electron chi connectivity index (χ0n) is 11.0. The predicted molar refractivity (Wildman–Crippen MR) is 76.1 cm³/mol. The summed E-state index contributed by atoms with van der Waals surface area (Å²) in [5.41, 5.74) is 2.02. The fourth-order valence-corrected chi connectivity index (χ4v) is 2.31. The van der Waals surface area contributed by atoms with Gasteiger partial charge in [0, 0.05) is 5.56 Å². The molecule has 20 heavy (non-hydrogen) atoms. The number of ether oxygens (including phenoxy) is 1. The van der Waals surface area contributed by atoms with Gasteiger partial charge in [0.15, 0.2) is 6.29 Å². The van der Waals surface area contributed by atoms with Crippen molar-refractivity contribution in [2.24, 2.45) is 0 Å².